The molecule has 0 radical (unpaired) electrons. The summed E-state index contributed by atoms with van der Waals surface area (Å²) in [7, 11) is 0. The summed E-state index contributed by atoms with van der Waals surface area (Å²) >= 11 is 5.86. The molecule has 0 aliphatic carbocycles. The van der Waals surface area contributed by atoms with Crippen molar-refractivity contribution < 1.29 is 0 Å². The third kappa shape index (κ3) is 3.05. The van der Waals surface area contributed by atoms with Gasteiger partial charge in [-0.2, -0.15) is 5.10 Å². The zero-order chi connectivity index (χ0) is 12.1. The van der Waals surface area contributed by atoms with Crippen molar-refractivity contribution in [2.24, 2.45) is 0 Å². The van der Waals surface area contributed by atoms with E-state index in [1.54, 1.807) is 23.3 Å². The quantitative estimate of drug-likeness (QED) is 0.829. The molecule has 0 unspecified atom stereocenters. The molecule has 4 nitrogen and oxygen atoms in total. The minimum atomic E-state index is 0.614. The molecule has 90 valence electrons. The largest absolute Gasteiger partial charge is 0.313 e. The van der Waals surface area contributed by atoms with Gasteiger partial charge in [0.15, 0.2) is 5.82 Å². The van der Waals surface area contributed by atoms with Crippen molar-refractivity contribution in [1.82, 2.24) is 20.1 Å². The fraction of sp³-hybridized carbons (Fsp3) is 0.333. The highest BCUT2D eigenvalue weighted by atomic mass is 35.5. The molecule has 0 aliphatic heterocycles. The van der Waals surface area contributed by atoms with E-state index in [2.05, 4.69) is 22.3 Å². The average molecular weight is 251 g/mol. The molecule has 2 aromatic heterocycles. The first-order valence-corrected chi connectivity index (χ1v) is 6.04. The van der Waals surface area contributed by atoms with Gasteiger partial charge in [-0.3, -0.25) is 0 Å². The van der Waals surface area contributed by atoms with Gasteiger partial charge in [0.25, 0.3) is 0 Å². The van der Waals surface area contributed by atoms with Crippen LogP contribution in [0.1, 0.15) is 18.9 Å². The second-order valence-corrected chi connectivity index (χ2v) is 4.20. The van der Waals surface area contributed by atoms with Gasteiger partial charge in [0.1, 0.15) is 0 Å². The van der Waals surface area contributed by atoms with Crippen LogP contribution in [0.5, 0.6) is 0 Å². The van der Waals surface area contributed by atoms with E-state index in [0.29, 0.717) is 5.02 Å². The minimum Gasteiger partial charge on any atom is -0.313 e. The summed E-state index contributed by atoms with van der Waals surface area (Å²) in [6, 6.07) is 3.97. The molecule has 0 atom stereocenters. The average Bonchev–Trinajstić information content (AvgIpc) is 2.77. The standard InChI is InChI=1S/C12H15ClN4/c1-2-5-14-7-10-4-3-6-15-12(10)17-9-11(13)8-16-17/h3-4,6,8-9,14H,2,5,7H2,1H3. The van der Waals surface area contributed by atoms with Crippen LogP contribution < -0.4 is 5.32 Å². The minimum absolute atomic E-state index is 0.614. The Morgan fingerprint density at radius 1 is 1.47 bits per heavy atom. The Labute approximate surface area is 106 Å². The van der Waals surface area contributed by atoms with Gasteiger partial charge in [-0.25, -0.2) is 9.67 Å². The number of rotatable bonds is 5. The lowest BCUT2D eigenvalue weighted by Gasteiger charge is -2.08. The molecule has 0 aliphatic rings. The first kappa shape index (κ1) is 12.1. The Morgan fingerprint density at radius 3 is 3.06 bits per heavy atom. The molecule has 0 spiro atoms. The van der Waals surface area contributed by atoms with Crippen LogP contribution in [0.4, 0.5) is 0 Å². The first-order chi connectivity index (χ1) is 8.31. The summed E-state index contributed by atoms with van der Waals surface area (Å²) in [4.78, 5) is 4.34. The second kappa shape index (κ2) is 5.80. The zero-order valence-corrected chi connectivity index (χ0v) is 10.5. The van der Waals surface area contributed by atoms with Crippen LogP contribution in [0.15, 0.2) is 30.7 Å². The van der Waals surface area contributed by atoms with E-state index in [4.69, 9.17) is 11.6 Å². The number of pyridine rings is 1. The van der Waals surface area contributed by atoms with Crippen LogP contribution in [-0.2, 0) is 6.54 Å². The van der Waals surface area contributed by atoms with Gasteiger partial charge in [0, 0.05) is 18.3 Å². The number of aromatic nitrogens is 3. The van der Waals surface area contributed by atoms with E-state index in [1.165, 1.54) is 0 Å². The van der Waals surface area contributed by atoms with E-state index in [0.717, 1.165) is 30.9 Å². The van der Waals surface area contributed by atoms with E-state index < -0.39 is 0 Å². The van der Waals surface area contributed by atoms with Crippen LogP contribution in [0.25, 0.3) is 5.82 Å². The molecule has 2 aromatic rings. The Morgan fingerprint density at radius 2 is 2.35 bits per heavy atom. The Hall–Kier alpha value is -1.39. The molecule has 2 heterocycles. The van der Waals surface area contributed by atoms with Gasteiger partial charge < -0.3 is 5.32 Å². The second-order valence-electron chi connectivity index (χ2n) is 3.77. The smallest absolute Gasteiger partial charge is 0.157 e. The van der Waals surface area contributed by atoms with Gasteiger partial charge >= 0.3 is 0 Å². The van der Waals surface area contributed by atoms with Gasteiger partial charge in [-0.05, 0) is 19.0 Å². The van der Waals surface area contributed by atoms with Crippen LogP contribution in [0.2, 0.25) is 5.02 Å². The Balaban J connectivity index is 2.21. The topological polar surface area (TPSA) is 42.7 Å². The number of nitrogens with zero attached hydrogens (tertiary/aromatic N) is 3. The molecular formula is C12H15ClN4. The van der Waals surface area contributed by atoms with Crippen LogP contribution in [0, 0.1) is 0 Å². The summed E-state index contributed by atoms with van der Waals surface area (Å²) in [6.07, 6.45) is 6.24. The van der Waals surface area contributed by atoms with Gasteiger partial charge in [0.05, 0.1) is 17.4 Å². The van der Waals surface area contributed by atoms with Gasteiger partial charge in [-0.1, -0.05) is 24.6 Å². The highest BCUT2D eigenvalue weighted by Gasteiger charge is 2.06. The monoisotopic (exact) mass is 250 g/mol. The maximum absolute atomic E-state index is 5.86. The summed E-state index contributed by atoms with van der Waals surface area (Å²) in [5, 5.41) is 8.14. The molecule has 1 N–H and O–H groups in total. The molecule has 0 aromatic carbocycles. The van der Waals surface area contributed by atoms with Crippen molar-refractivity contribution in [3.8, 4) is 5.82 Å². The molecule has 5 heteroatoms. The van der Waals surface area contributed by atoms with Crippen molar-refractivity contribution in [1.29, 1.82) is 0 Å². The maximum atomic E-state index is 5.86. The number of hydrogen-bond donors (Lipinski definition) is 1. The van der Waals surface area contributed by atoms with E-state index in [-0.39, 0.29) is 0 Å². The number of nitrogens with one attached hydrogen (secondary N) is 1. The van der Waals surface area contributed by atoms with E-state index >= 15 is 0 Å². The number of hydrogen-bond acceptors (Lipinski definition) is 3. The molecule has 2 rings (SSSR count). The van der Waals surface area contributed by atoms with E-state index in [9.17, 15) is 0 Å². The van der Waals surface area contributed by atoms with Gasteiger partial charge in [0.2, 0.25) is 0 Å². The maximum Gasteiger partial charge on any atom is 0.157 e. The highest BCUT2D eigenvalue weighted by molar-refractivity contribution is 6.30. The lowest BCUT2D eigenvalue weighted by molar-refractivity contribution is 0.666. The summed E-state index contributed by atoms with van der Waals surface area (Å²) < 4.78 is 1.70. The predicted octanol–water partition coefficient (Wildman–Crippen LogP) is 2.42. The summed E-state index contributed by atoms with van der Waals surface area (Å²) in [5.74, 6) is 0.822. The van der Waals surface area contributed by atoms with Crippen molar-refractivity contribution in [2.45, 2.75) is 19.9 Å². The fourth-order valence-electron chi connectivity index (χ4n) is 1.59. The fourth-order valence-corrected chi connectivity index (χ4v) is 1.73. The highest BCUT2D eigenvalue weighted by Crippen LogP contribution is 2.13. The SMILES string of the molecule is CCCNCc1cccnc1-n1cc(Cl)cn1. The third-order valence-corrected chi connectivity index (χ3v) is 2.57. The molecule has 0 bridgehead atoms. The van der Waals surface area contributed by atoms with E-state index in [1.807, 2.05) is 12.1 Å². The Kier molecular flexibility index (Phi) is 4.12. The number of halogens is 1. The molecule has 0 amide bonds. The Bertz CT molecular complexity index is 481. The molecule has 17 heavy (non-hydrogen) atoms. The van der Waals surface area contributed by atoms with Crippen LogP contribution in [0.3, 0.4) is 0 Å². The van der Waals surface area contributed by atoms with Crippen LogP contribution >= 0.6 is 11.6 Å². The summed E-state index contributed by atoms with van der Waals surface area (Å²) in [6.45, 7) is 3.92. The molecule has 0 saturated carbocycles. The van der Waals surface area contributed by atoms with Crippen molar-refractivity contribution in [2.75, 3.05) is 6.54 Å². The predicted molar refractivity (Wildman–Crippen MR) is 68.4 cm³/mol. The zero-order valence-electron chi connectivity index (χ0n) is 9.73. The third-order valence-electron chi connectivity index (χ3n) is 2.38. The van der Waals surface area contributed by atoms with Crippen molar-refractivity contribution >= 4 is 11.6 Å². The van der Waals surface area contributed by atoms with Gasteiger partial charge in [-0.15, -0.1) is 0 Å². The summed E-state index contributed by atoms with van der Waals surface area (Å²) in [5.41, 5.74) is 1.11. The molecule has 0 fully saturated rings. The molecule has 0 saturated heterocycles. The molecular weight excluding hydrogens is 236 g/mol. The normalized spacial score (nSPS) is 10.7. The van der Waals surface area contributed by atoms with Crippen LogP contribution in [-0.4, -0.2) is 21.3 Å². The lowest BCUT2D eigenvalue weighted by atomic mass is 10.2. The van der Waals surface area contributed by atoms with Crippen molar-refractivity contribution in [3.63, 3.8) is 0 Å². The first-order valence-electron chi connectivity index (χ1n) is 5.66. The lowest BCUT2D eigenvalue weighted by Crippen LogP contribution is -2.16. The van der Waals surface area contributed by atoms with Crippen molar-refractivity contribution in [3.05, 3.63) is 41.3 Å².